The number of benzene rings is 10. The van der Waals surface area contributed by atoms with Crippen LogP contribution in [0.15, 0.2) is 251 Å². The summed E-state index contributed by atoms with van der Waals surface area (Å²) in [6, 6.07) is 82.2. The van der Waals surface area contributed by atoms with Crippen LogP contribution < -0.4 is 4.90 Å². The molecule has 0 radical (unpaired) electrons. The number of furan rings is 2. The van der Waals surface area contributed by atoms with Crippen molar-refractivity contribution in [3.63, 3.8) is 0 Å². The van der Waals surface area contributed by atoms with Gasteiger partial charge in [0.05, 0.1) is 11.1 Å². The highest BCUT2D eigenvalue weighted by Gasteiger charge is 2.46. The van der Waals surface area contributed by atoms with E-state index in [0.717, 1.165) is 90.5 Å². The lowest BCUT2D eigenvalue weighted by Gasteiger charge is -2.34. The van der Waals surface area contributed by atoms with Crippen LogP contribution in [0.2, 0.25) is 0 Å². The molecule has 3 heteroatoms. The molecule has 0 saturated carbocycles. The topological polar surface area (TPSA) is 29.5 Å². The Hall–Kier alpha value is -8.92. The lowest BCUT2D eigenvalue weighted by Crippen LogP contribution is -2.28. The summed E-state index contributed by atoms with van der Waals surface area (Å²) in [4.78, 5) is 2.45. The second kappa shape index (κ2) is 15.8. The summed E-state index contributed by atoms with van der Waals surface area (Å²) < 4.78 is 14.2. The molecule has 10 aromatic carbocycles. The molecule has 0 bridgehead atoms. The number of allylic oxidation sites excluding steroid dienone is 4. The van der Waals surface area contributed by atoms with Crippen LogP contribution in [-0.2, 0) is 10.8 Å². The van der Waals surface area contributed by atoms with E-state index in [9.17, 15) is 0 Å². The fraction of sp³-hybridized carbons (Fsp3) is 0.0857. The third kappa shape index (κ3) is 6.00. The van der Waals surface area contributed by atoms with Gasteiger partial charge in [-0.05, 0) is 134 Å². The zero-order valence-corrected chi connectivity index (χ0v) is 40.7. The van der Waals surface area contributed by atoms with E-state index < -0.39 is 5.41 Å². The van der Waals surface area contributed by atoms with Gasteiger partial charge in [0.25, 0.3) is 0 Å². The maximum Gasteiger partial charge on any atom is 0.144 e. The first-order valence-corrected chi connectivity index (χ1v) is 25.6. The molecule has 346 valence electrons. The summed E-state index contributed by atoms with van der Waals surface area (Å²) in [6.45, 7) is 4.78. The Kier molecular flexibility index (Phi) is 9.05. The van der Waals surface area contributed by atoms with Gasteiger partial charge in [-0.15, -0.1) is 0 Å². The van der Waals surface area contributed by atoms with Gasteiger partial charge in [-0.25, -0.2) is 0 Å². The smallest absolute Gasteiger partial charge is 0.144 e. The molecule has 0 saturated heterocycles. The fourth-order valence-electron chi connectivity index (χ4n) is 13.2. The lowest BCUT2D eigenvalue weighted by atomic mass is 9.67. The molecule has 2 aromatic heterocycles. The van der Waals surface area contributed by atoms with E-state index in [1.165, 1.54) is 61.2 Å². The van der Waals surface area contributed by atoms with E-state index in [2.05, 4.69) is 255 Å². The Morgan fingerprint density at radius 1 is 0.411 bits per heavy atom. The summed E-state index contributed by atoms with van der Waals surface area (Å²) >= 11 is 0. The molecule has 0 spiro atoms. The predicted octanol–water partition coefficient (Wildman–Crippen LogP) is 19.0. The van der Waals surface area contributed by atoms with Crippen LogP contribution in [0.1, 0.15) is 60.1 Å². The van der Waals surface area contributed by atoms with Crippen molar-refractivity contribution in [2.45, 2.75) is 37.5 Å². The minimum Gasteiger partial charge on any atom is -0.456 e. The van der Waals surface area contributed by atoms with E-state index >= 15 is 0 Å². The third-order valence-electron chi connectivity index (χ3n) is 16.4. The number of rotatable bonds is 7. The Bertz CT molecular complexity index is 4240. The molecule has 0 amide bonds. The summed E-state index contributed by atoms with van der Waals surface area (Å²) in [6.07, 6.45) is 7.08. The van der Waals surface area contributed by atoms with Crippen molar-refractivity contribution in [2.75, 3.05) is 4.90 Å². The normalized spacial score (nSPS) is 15.0. The third-order valence-corrected chi connectivity index (χ3v) is 16.4. The van der Waals surface area contributed by atoms with Crippen LogP contribution in [0.4, 0.5) is 17.1 Å². The first-order valence-electron chi connectivity index (χ1n) is 25.6. The van der Waals surface area contributed by atoms with Gasteiger partial charge in [-0.1, -0.05) is 196 Å². The van der Waals surface area contributed by atoms with Gasteiger partial charge in [0.2, 0.25) is 0 Å². The number of fused-ring (bicyclic) bond motifs is 12. The number of hydrogen-bond donors (Lipinski definition) is 0. The molecule has 12 aromatic rings. The first kappa shape index (κ1) is 41.8. The van der Waals surface area contributed by atoms with Gasteiger partial charge in [-0.3, -0.25) is 0 Å². The molecule has 0 N–H and O–H groups in total. The van der Waals surface area contributed by atoms with Crippen LogP contribution >= 0.6 is 0 Å². The molecule has 3 aliphatic rings. The van der Waals surface area contributed by atoms with E-state index in [1.807, 2.05) is 0 Å². The van der Waals surface area contributed by atoms with E-state index in [4.69, 9.17) is 8.83 Å². The average Bonchev–Trinajstić information content (AvgIpc) is 4.16. The number of nitrogens with zero attached hydrogens (tertiary/aromatic N) is 1. The zero-order valence-electron chi connectivity index (χ0n) is 40.7. The van der Waals surface area contributed by atoms with Gasteiger partial charge in [0.1, 0.15) is 22.3 Å². The van der Waals surface area contributed by atoms with Gasteiger partial charge in [0.15, 0.2) is 0 Å². The molecule has 0 atom stereocenters. The van der Waals surface area contributed by atoms with E-state index in [0.29, 0.717) is 0 Å². The molecule has 15 rings (SSSR count). The Labute approximate surface area is 424 Å². The highest BCUT2D eigenvalue weighted by molar-refractivity contribution is 6.24. The molecular formula is C70H49NO2. The van der Waals surface area contributed by atoms with Gasteiger partial charge >= 0.3 is 0 Å². The van der Waals surface area contributed by atoms with Gasteiger partial charge < -0.3 is 13.7 Å². The fourth-order valence-corrected chi connectivity index (χ4v) is 13.2. The highest BCUT2D eigenvalue weighted by Crippen LogP contribution is 2.58. The van der Waals surface area contributed by atoms with Crippen LogP contribution in [0.25, 0.3) is 82.8 Å². The summed E-state index contributed by atoms with van der Waals surface area (Å²) in [5.41, 5.74) is 23.4. The summed E-state index contributed by atoms with van der Waals surface area (Å²) in [5.74, 6) is 0. The monoisotopic (exact) mass is 935 g/mol. The van der Waals surface area contributed by atoms with Crippen LogP contribution in [0, 0.1) is 0 Å². The zero-order chi connectivity index (χ0) is 48.4. The van der Waals surface area contributed by atoms with Crippen LogP contribution in [0.3, 0.4) is 0 Å². The Morgan fingerprint density at radius 3 is 1.85 bits per heavy atom. The van der Waals surface area contributed by atoms with Gasteiger partial charge in [-0.2, -0.15) is 0 Å². The van der Waals surface area contributed by atoms with Crippen molar-refractivity contribution < 1.29 is 8.83 Å². The first-order chi connectivity index (χ1) is 36.0. The molecule has 73 heavy (non-hydrogen) atoms. The van der Waals surface area contributed by atoms with Crippen molar-refractivity contribution in [3.8, 4) is 33.4 Å². The van der Waals surface area contributed by atoms with Crippen molar-refractivity contribution in [3.05, 3.63) is 276 Å². The van der Waals surface area contributed by atoms with Crippen LogP contribution in [-0.4, -0.2) is 0 Å². The second-order valence-corrected chi connectivity index (χ2v) is 20.6. The van der Waals surface area contributed by atoms with Crippen molar-refractivity contribution >= 4 is 66.5 Å². The summed E-state index contributed by atoms with van der Waals surface area (Å²) in [5, 5.41) is 4.14. The van der Waals surface area contributed by atoms with E-state index in [1.54, 1.807) is 0 Å². The lowest BCUT2D eigenvalue weighted by molar-refractivity contribution is 0.654. The molecule has 3 aliphatic carbocycles. The minimum atomic E-state index is -0.559. The minimum absolute atomic E-state index is 0.122. The molecule has 0 unspecified atom stereocenters. The van der Waals surface area contributed by atoms with Crippen molar-refractivity contribution in [1.29, 1.82) is 0 Å². The second-order valence-electron chi connectivity index (χ2n) is 20.6. The maximum absolute atomic E-state index is 7.28. The number of hydrogen-bond acceptors (Lipinski definition) is 3. The SMILES string of the molecule is CC1(C)C2=CCCC=C2c2ccc(N(c3ccc4oc5c(-c6ccc7c(c6)C(c6ccccc6)(c6ccccc6)c6ccccc6-7)c6c(cc5c4c3)oc3ccccc36)c3ccccc3-c3ccccc3)cc21. The van der Waals surface area contributed by atoms with Crippen LogP contribution in [0.5, 0.6) is 0 Å². The number of para-hydroxylation sites is 2. The van der Waals surface area contributed by atoms with Crippen molar-refractivity contribution in [2.24, 2.45) is 0 Å². The Morgan fingerprint density at radius 2 is 1.04 bits per heavy atom. The number of anilines is 3. The molecule has 0 aliphatic heterocycles. The Balaban J connectivity index is 0.987. The highest BCUT2D eigenvalue weighted by atomic mass is 16.3. The summed E-state index contributed by atoms with van der Waals surface area (Å²) in [7, 11) is 0. The van der Waals surface area contributed by atoms with Crippen molar-refractivity contribution in [1.82, 2.24) is 0 Å². The molecule has 0 fully saturated rings. The molecular weight excluding hydrogens is 887 g/mol. The quantitative estimate of drug-likeness (QED) is 0.159. The average molecular weight is 936 g/mol. The molecule has 3 nitrogen and oxygen atoms in total. The van der Waals surface area contributed by atoms with Gasteiger partial charge in [0, 0.05) is 49.5 Å². The standard InChI is InChI=1S/C70H49NO2/c1-69(2)58-30-16-12-27-51(58)53-38-35-49(42-60(53)69)71(62-32-18-14-26-50(62)44-20-6-3-7-21-44)48-36-39-64-56(41-48)57-43-65-67(55-29-15-19-33-63(55)72-65)66(68(57)73-64)45-34-37-54-52-28-13-17-31-59(52)70(61(54)40-45,46-22-8-4-9-23-46)47-24-10-5-11-25-47/h3-11,13-15,17-43H,12,16H2,1-2H3. The molecule has 2 heterocycles. The predicted molar refractivity (Wildman–Crippen MR) is 302 cm³/mol. The van der Waals surface area contributed by atoms with E-state index in [-0.39, 0.29) is 5.41 Å². The maximum atomic E-state index is 7.28. The largest absolute Gasteiger partial charge is 0.456 e.